The van der Waals surface area contributed by atoms with E-state index in [4.69, 9.17) is 0 Å². The summed E-state index contributed by atoms with van der Waals surface area (Å²) in [5.41, 5.74) is 1.51. The molecule has 124 valence electrons. The molecule has 0 bridgehead atoms. The Hall–Kier alpha value is -2.90. The van der Waals surface area contributed by atoms with Gasteiger partial charge in [-0.3, -0.25) is 4.79 Å². The number of amides is 1. The van der Waals surface area contributed by atoms with Gasteiger partial charge in [-0.25, -0.2) is 15.0 Å². The van der Waals surface area contributed by atoms with Gasteiger partial charge in [0.25, 0.3) is 5.91 Å². The molecule has 0 radical (unpaired) electrons. The van der Waals surface area contributed by atoms with Gasteiger partial charge in [0.2, 0.25) is 5.95 Å². The highest BCUT2D eigenvalue weighted by molar-refractivity contribution is 5.95. The third kappa shape index (κ3) is 2.82. The normalized spacial score (nSPS) is 16.8. The number of pyridine rings is 1. The molecule has 2 aliphatic rings. The Bertz CT molecular complexity index is 728. The van der Waals surface area contributed by atoms with Crippen molar-refractivity contribution < 1.29 is 4.79 Å². The van der Waals surface area contributed by atoms with E-state index in [0.717, 1.165) is 43.6 Å². The Labute approximate surface area is 139 Å². The summed E-state index contributed by atoms with van der Waals surface area (Å²) in [7, 11) is 0. The van der Waals surface area contributed by atoms with E-state index in [1.54, 1.807) is 24.7 Å². The lowest BCUT2D eigenvalue weighted by molar-refractivity contribution is 0.0746. The van der Waals surface area contributed by atoms with Gasteiger partial charge >= 0.3 is 0 Å². The van der Waals surface area contributed by atoms with Crippen molar-refractivity contribution in [1.82, 2.24) is 19.9 Å². The molecular formula is C16H19N7O. The third-order valence-corrected chi connectivity index (χ3v) is 4.27. The van der Waals surface area contributed by atoms with Crippen LogP contribution in [-0.4, -0.2) is 65.0 Å². The van der Waals surface area contributed by atoms with Gasteiger partial charge < -0.3 is 20.4 Å². The molecule has 0 spiro atoms. The monoisotopic (exact) mass is 325 g/mol. The quantitative estimate of drug-likeness (QED) is 0.839. The number of nitrogens with one attached hydrogen (secondary N) is 2. The molecule has 8 nitrogen and oxygen atoms in total. The second-order valence-corrected chi connectivity index (χ2v) is 5.80. The first kappa shape index (κ1) is 14.7. The molecule has 2 aromatic heterocycles. The Morgan fingerprint density at radius 2 is 1.75 bits per heavy atom. The van der Waals surface area contributed by atoms with Gasteiger partial charge in [0.15, 0.2) is 0 Å². The van der Waals surface area contributed by atoms with E-state index in [9.17, 15) is 4.79 Å². The number of anilines is 3. The molecule has 0 saturated carbocycles. The van der Waals surface area contributed by atoms with Gasteiger partial charge in [-0.2, -0.15) is 0 Å². The third-order valence-electron chi connectivity index (χ3n) is 4.27. The molecule has 0 atom stereocenters. The molecule has 2 N–H and O–H groups in total. The maximum atomic E-state index is 12.7. The number of piperazine rings is 1. The van der Waals surface area contributed by atoms with Gasteiger partial charge in [-0.05, 0) is 12.1 Å². The summed E-state index contributed by atoms with van der Waals surface area (Å²) in [6.45, 7) is 4.44. The van der Waals surface area contributed by atoms with Crippen molar-refractivity contribution in [2.24, 2.45) is 0 Å². The summed E-state index contributed by atoms with van der Waals surface area (Å²) in [4.78, 5) is 29.6. The van der Waals surface area contributed by atoms with Crippen LogP contribution < -0.4 is 15.5 Å². The minimum atomic E-state index is 0.0197. The summed E-state index contributed by atoms with van der Waals surface area (Å²) < 4.78 is 0. The topological polar surface area (TPSA) is 86.3 Å². The van der Waals surface area contributed by atoms with E-state index >= 15 is 0 Å². The van der Waals surface area contributed by atoms with Crippen LogP contribution in [0.3, 0.4) is 0 Å². The van der Waals surface area contributed by atoms with E-state index in [2.05, 4.69) is 30.5 Å². The van der Waals surface area contributed by atoms with Crippen molar-refractivity contribution in [2.45, 2.75) is 0 Å². The van der Waals surface area contributed by atoms with E-state index in [0.29, 0.717) is 18.7 Å². The van der Waals surface area contributed by atoms with Gasteiger partial charge in [-0.15, -0.1) is 0 Å². The summed E-state index contributed by atoms with van der Waals surface area (Å²) in [5.74, 6) is 1.55. The minimum Gasteiger partial charge on any atom is -0.380 e. The fourth-order valence-corrected chi connectivity index (χ4v) is 2.98. The van der Waals surface area contributed by atoms with Crippen LogP contribution in [0.4, 0.5) is 17.5 Å². The Morgan fingerprint density at radius 1 is 1.00 bits per heavy atom. The lowest BCUT2D eigenvalue weighted by Gasteiger charge is -2.34. The first-order valence-electron chi connectivity index (χ1n) is 8.10. The number of aromatic nitrogens is 3. The van der Waals surface area contributed by atoms with Crippen LogP contribution >= 0.6 is 0 Å². The van der Waals surface area contributed by atoms with Gasteiger partial charge in [0.05, 0.1) is 11.3 Å². The fraction of sp³-hybridized carbons (Fsp3) is 0.375. The van der Waals surface area contributed by atoms with Gasteiger partial charge in [0.1, 0.15) is 5.82 Å². The number of fused-ring (bicyclic) bond motifs is 1. The molecule has 0 aliphatic carbocycles. The maximum absolute atomic E-state index is 12.7. The van der Waals surface area contributed by atoms with Crippen LogP contribution in [0, 0.1) is 0 Å². The van der Waals surface area contributed by atoms with Crippen molar-refractivity contribution in [3.8, 4) is 0 Å². The lowest BCUT2D eigenvalue weighted by atomic mass is 10.2. The average molecular weight is 325 g/mol. The Kier molecular flexibility index (Phi) is 3.86. The summed E-state index contributed by atoms with van der Waals surface area (Å²) in [6.07, 6.45) is 5.12. The van der Waals surface area contributed by atoms with Crippen LogP contribution in [0.5, 0.6) is 0 Å². The molecule has 0 aromatic carbocycles. The van der Waals surface area contributed by atoms with Crippen LogP contribution in [0.15, 0.2) is 30.7 Å². The first-order valence-corrected chi connectivity index (χ1v) is 8.10. The zero-order chi connectivity index (χ0) is 16.4. The first-order chi connectivity index (χ1) is 11.8. The standard InChI is InChI=1S/C16H19N7O/c24-15(12-10-13-14(21-11-12)18-5-4-17-13)22-6-8-23(9-7-22)16-19-2-1-3-20-16/h1-3,10-11,17H,4-9H2,(H,18,21). The minimum absolute atomic E-state index is 0.0197. The van der Waals surface area contributed by atoms with Gasteiger partial charge in [0, 0.05) is 57.9 Å². The van der Waals surface area contributed by atoms with Crippen LogP contribution in [0.1, 0.15) is 10.4 Å². The highest BCUT2D eigenvalue weighted by atomic mass is 16.2. The number of hydrogen-bond donors (Lipinski definition) is 2. The number of rotatable bonds is 2. The molecule has 4 rings (SSSR count). The number of carbonyl (C=O) groups is 1. The summed E-state index contributed by atoms with van der Waals surface area (Å²) in [6, 6.07) is 3.68. The van der Waals surface area contributed by atoms with E-state index < -0.39 is 0 Å². The Morgan fingerprint density at radius 3 is 2.54 bits per heavy atom. The van der Waals surface area contributed by atoms with Crippen LogP contribution in [0.25, 0.3) is 0 Å². The lowest BCUT2D eigenvalue weighted by Crippen LogP contribution is -2.49. The van der Waals surface area contributed by atoms with Crippen molar-refractivity contribution in [1.29, 1.82) is 0 Å². The van der Waals surface area contributed by atoms with E-state index in [-0.39, 0.29) is 5.91 Å². The highest BCUT2D eigenvalue weighted by Gasteiger charge is 2.24. The Balaban J connectivity index is 1.43. The second-order valence-electron chi connectivity index (χ2n) is 5.80. The molecule has 2 aliphatic heterocycles. The van der Waals surface area contributed by atoms with Crippen molar-refractivity contribution >= 4 is 23.4 Å². The molecule has 0 unspecified atom stereocenters. The average Bonchev–Trinajstić information content (AvgIpc) is 2.68. The predicted octanol–water partition coefficient (Wildman–Crippen LogP) is 0.671. The van der Waals surface area contributed by atoms with Crippen LogP contribution in [0.2, 0.25) is 0 Å². The van der Waals surface area contributed by atoms with Crippen molar-refractivity contribution in [3.63, 3.8) is 0 Å². The molecule has 1 saturated heterocycles. The molecule has 4 heterocycles. The molecule has 2 aromatic rings. The van der Waals surface area contributed by atoms with Crippen molar-refractivity contribution in [3.05, 3.63) is 36.3 Å². The molecule has 8 heteroatoms. The molecule has 1 fully saturated rings. The molecular weight excluding hydrogens is 306 g/mol. The maximum Gasteiger partial charge on any atom is 0.255 e. The van der Waals surface area contributed by atoms with Crippen LogP contribution in [-0.2, 0) is 0 Å². The zero-order valence-electron chi connectivity index (χ0n) is 13.3. The largest absolute Gasteiger partial charge is 0.380 e. The van der Waals surface area contributed by atoms with E-state index in [1.807, 2.05) is 11.0 Å². The van der Waals surface area contributed by atoms with E-state index in [1.165, 1.54) is 0 Å². The molecule has 24 heavy (non-hydrogen) atoms. The van der Waals surface area contributed by atoms with Gasteiger partial charge in [-0.1, -0.05) is 0 Å². The molecule has 1 amide bonds. The summed E-state index contributed by atoms with van der Waals surface area (Å²) >= 11 is 0. The number of hydrogen-bond acceptors (Lipinski definition) is 7. The number of nitrogens with zero attached hydrogens (tertiary/aromatic N) is 5. The zero-order valence-corrected chi connectivity index (χ0v) is 13.3. The smallest absolute Gasteiger partial charge is 0.255 e. The summed E-state index contributed by atoms with van der Waals surface area (Å²) in [5, 5.41) is 6.48. The SMILES string of the molecule is O=C(c1cnc2c(c1)NCCN2)N1CCN(c2ncccn2)CC1. The fourth-order valence-electron chi connectivity index (χ4n) is 2.98. The predicted molar refractivity (Wildman–Crippen MR) is 91.4 cm³/mol. The second kappa shape index (κ2) is 6.31. The highest BCUT2D eigenvalue weighted by Crippen LogP contribution is 2.23. The van der Waals surface area contributed by atoms with Crippen molar-refractivity contribution in [2.75, 3.05) is 54.8 Å². The number of carbonyl (C=O) groups excluding carboxylic acids is 1.